The van der Waals surface area contributed by atoms with Crippen molar-refractivity contribution in [1.29, 1.82) is 0 Å². The van der Waals surface area contributed by atoms with Gasteiger partial charge in [0.15, 0.2) is 5.96 Å². The van der Waals surface area contributed by atoms with Gasteiger partial charge in [-0.2, -0.15) is 0 Å². The number of nitrogens with zero attached hydrogens (tertiary/aromatic N) is 1. The summed E-state index contributed by atoms with van der Waals surface area (Å²) in [5.74, 6) is 1.30. The van der Waals surface area contributed by atoms with E-state index < -0.39 is 0 Å². The number of carbonyl (C=O) groups excluding carboxylic acids is 1. The molecule has 0 aliphatic rings. The van der Waals surface area contributed by atoms with E-state index in [1.807, 2.05) is 31.2 Å². The van der Waals surface area contributed by atoms with E-state index in [0.29, 0.717) is 18.0 Å². The molecule has 5 nitrogen and oxygen atoms in total. The predicted molar refractivity (Wildman–Crippen MR) is 112 cm³/mol. The number of rotatable bonds is 7. The lowest BCUT2D eigenvalue weighted by atomic mass is 10.1. The largest absolute Gasteiger partial charge is 0.356 e. The number of aliphatic imine (C=N–C) groups is 1. The summed E-state index contributed by atoms with van der Waals surface area (Å²) >= 11 is 0. The minimum atomic E-state index is -0.0245. The normalized spacial score (nSPS) is 12.3. The van der Waals surface area contributed by atoms with Crippen LogP contribution in [0.25, 0.3) is 0 Å². The molecule has 0 spiro atoms. The quantitative estimate of drug-likeness (QED) is 0.343. The highest BCUT2D eigenvalue weighted by molar-refractivity contribution is 14.0. The van der Waals surface area contributed by atoms with E-state index in [0.717, 1.165) is 24.5 Å². The van der Waals surface area contributed by atoms with Crippen LogP contribution in [0.5, 0.6) is 0 Å². The number of amides is 1. The maximum atomic E-state index is 12.2. The fourth-order valence-electron chi connectivity index (χ4n) is 1.94. The van der Waals surface area contributed by atoms with Crippen LogP contribution in [0.4, 0.5) is 0 Å². The van der Waals surface area contributed by atoms with Gasteiger partial charge in [-0.05, 0) is 37.0 Å². The Morgan fingerprint density at radius 1 is 1.21 bits per heavy atom. The van der Waals surface area contributed by atoms with Crippen molar-refractivity contribution in [1.82, 2.24) is 16.0 Å². The lowest BCUT2D eigenvalue weighted by Crippen LogP contribution is -2.38. The second-order valence-electron chi connectivity index (χ2n) is 6.18. The first-order valence-corrected chi connectivity index (χ1v) is 8.30. The van der Waals surface area contributed by atoms with E-state index in [-0.39, 0.29) is 35.9 Å². The zero-order valence-electron chi connectivity index (χ0n) is 15.3. The van der Waals surface area contributed by atoms with E-state index in [1.165, 1.54) is 0 Å². The Morgan fingerprint density at radius 2 is 1.92 bits per heavy atom. The molecule has 1 atom stereocenters. The fraction of sp³-hybridized carbons (Fsp3) is 0.556. The van der Waals surface area contributed by atoms with Crippen molar-refractivity contribution in [3.63, 3.8) is 0 Å². The summed E-state index contributed by atoms with van der Waals surface area (Å²) in [5, 5.41) is 9.52. The van der Waals surface area contributed by atoms with E-state index >= 15 is 0 Å². The van der Waals surface area contributed by atoms with Crippen molar-refractivity contribution in [3.05, 3.63) is 35.4 Å². The number of guanidine groups is 1. The molecule has 0 radical (unpaired) electrons. The molecule has 1 amide bonds. The number of nitrogens with one attached hydrogen (secondary N) is 3. The Balaban J connectivity index is 0.00000529. The smallest absolute Gasteiger partial charge is 0.251 e. The van der Waals surface area contributed by atoms with Crippen molar-refractivity contribution >= 4 is 35.8 Å². The van der Waals surface area contributed by atoms with Crippen LogP contribution in [-0.2, 0) is 6.54 Å². The SMILES string of the molecule is CCC(C)NC(=O)c1cccc(CNC(=NC)NCC(C)C)c1.I. The first-order chi connectivity index (χ1) is 11.0. The zero-order chi connectivity index (χ0) is 17.2. The molecule has 0 aromatic heterocycles. The number of carbonyl (C=O) groups is 1. The van der Waals surface area contributed by atoms with Crippen LogP contribution in [0.3, 0.4) is 0 Å². The highest BCUT2D eigenvalue weighted by Crippen LogP contribution is 2.06. The average molecular weight is 446 g/mol. The molecule has 0 saturated heterocycles. The highest BCUT2D eigenvalue weighted by atomic mass is 127. The number of hydrogen-bond acceptors (Lipinski definition) is 2. The summed E-state index contributed by atoms with van der Waals surface area (Å²) in [6.45, 7) is 9.87. The van der Waals surface area contributed by atoms with E-state index in [9.17, 15) is 4.79 Å². The number of hydrogen-bond donors (Lipinski definition) is 3. The Kier molecular flexibility index (Phi) is 11.4. The molecule has 1 aromatic carbocycles. The molecule has 1 rings (SSSR count). The third-order valence-corrected chi connectivity index (χ3v) is 3.54. The summed E-state index contributed by atoms with van der Waals surface area (Å²) in [7, 11) is 1.76. The first kappa shape index (κ1) is 22.7. The van der Waals surface area contributed by atoms with Gasteiger partial charge in [-0.3, -0.25) is 9.79 Å². The summed E-state index contributed by atoms with van der Waals surface area (Å²) in [4.78, 5) is 16.4. The molecule has 1 aromatic rings. The molecule has 0 heterocycles. The maximum Gasteiger partial charge on any atom is 0.251 e. The second-order valence-corrected chi connectivity index (χ2v) is 6.18. The summed E-state index contributed by atoms with van der Waals surface area (Å²) in [5.41, 5.74) is 1.74. The average Bonchev–Trinajstić information content (AvgIpc) is 2.54. The minimum absolute atomic E-state index is 0. The summed E-state index contributed by atoms with van der Waals surface area (Å²) < 4.78 is 0. The Morgan fingerprint density at radius 3 is 2.50 bits per heavy atom. The Bertz CT molecular complexity index is 532. The number of benzene rings is 1. The van der Waals surface area contributed by atoms with Gasteiger partial charge in [0, 0.05) is 31.7 Å². The lowest BCUT2D eigenvalue weighted by Gasteiger charge is -2.14. The van der Waals surface area contributed by atoms with Gasteiger partial charge in [-0.15, -0.1) is 24.0 Å². The van der Waals surface area contributed by atoms with Gasteiger partial charge >= 0.3 is 0 Å². The van der Waals surface area contributed by atoms with Crippen LogP contribution >= 0.6 is 24.0 Å². The van der Waals surface area contributed by atoms with Gasteiger partial charge in [0.2, 0.25) is 0 Å². The van der Waals surface area contributed by atoms with Crippen molar-refractivity contribution in [3.8, 4) is 0 Å². The van der Waals surface area contributed by atoms with Crippen LogP contribution in [-0.4, -0.2) is 31.5 Å². The standard InChI is InChI=1S/C18H30N4O.HI/c1-6-14(4)22-17(23)16-9-7-8-15(10-16)12-21-18(19-5)20-11-13(2)3;/h7-10,13-14H,6,11-12H2,1-5H3,(H,22,23)(H2,19,20,21);1H. The third kappa shape index (κ3) is 8.52. The molecule has 24 heavy (non-hydrogen) atoms. The Labute approximate surface area is 163 Å². The molecular formula is C18H31IN4O. The first-order valence-electron chi connectivity index (χ1n) is 8.30. The van der Waals surface area contributed by atoms with Gasteiger partial charge in [-0.25, -0.2) is 0 Å². The van der Waals surface area contributed by atoms with Gasteiger partial charge in [0.25, 0.3) is 5.91 Å². The summed E-state index contributed by atoms with van der Waals surface area (Å²) in [6, 6.07) is 7.85. The van der Waals surface area contributed by atoms with Crippen molar-refractivity contribution in [2.24, 2.45) is 10.9 Å². The van der Waals surface area contributed by atoms with Crippen LogP contribution < -0.4 is 16.0 Å². The van der Waals surface area contributed by atoms with E-state index in [4.69, 9.17) is 0 Å². The molecule has 1 unspecified atom stereocenters. The Hall–Kier alpha value is -1.31. The van der Waals surface area contributed by atoms with Gasteiger partial charge in [-0.1, -0.05) is 32.9 Å². The molecule has 136 valence electrons. The van der Waals surface area contributed by atoms with Gasteiger partial charge < -0.3 is 16.0 Å². The van der Waals surface area contributed by atoms with Crippen molar-refractivity contribution < 1.29 is 4.79 Å². The van der Waals surface area contributed by atoms with Crippen LogP contribution in [0, 0.1) is 5.92 Å². The number of halogens is 1. The molecule has 6 heteroatoms. The van der Waals surface area contributed by atoms with Crippen LogP contribution in [0.2, 0.25) is 0 Å². The van der Waals surface area contributed by atoms with E-state index in [2.05, 4.69) is 41.7 Å². The molecule has 0 aliphatic heterocycles. The lowest BCUT2D eigenvalue weighted by molar-refractivity contribution is 0.0939. The van der Waals surface area contributed by atoms with E-state index in [1.54, 1.807) is 7.05 Å². The molecular weight excluding hydrogens is 415 g/mol. The van der Waals surface area contributed by atoms with Crippen molar-refractivity contribution in [2.75, 3.05) is 13.6 Å². The van der Waals surface area contributed by atoms with Crippen LogP contribution in [0.15, 0.2) is 29.3 Å². The minimum Gasteiger partial charge on any atom is -0.356 e. The molecule has 0 saturated carbocycles. The zero-order valence-corrected chi connectivity index (χ0v) is 17.7. The maximum absolute atomic E-state index is 12.2. The molecule has 3 N–H and O–H groups in total. The predicted octanol–water partition coefficient (Wildman–Crippen LogP) is 3.15. The summed E-state index contributed by atoms with van der Waals surface area (Å²) in [6.07, 6.45) is 0.921. The second kappa shape index (κ2) is 12.1. The van der Waals surface area contributed by atoms with Crippen LogP contribution in [0.1, 0.15) is 50.0 Å². The molecule has 0 aliphatic carbocycles. The topological polar surface area (TPSA) is 65.5 Å². The van der Waals surface area contributed by atoms with Gasteiger partial charge in [0.05, 0.1) is 0 Å². The fourth-order valence-corrected chi connectivity index (χ4v) is 1.94. The molecule has 0 fully saturated rings. The monoisotopic (exact) mass is 446 g/mol. The van der Waals surface area contributed by atoms with Crippen molar-refractivity contribution in [2.45, 2.75) is 46.7 Å². The highest BCUT2D eigenvalue weighted by Gasteiger charge is 2.09. The van der Waals surface area contributed by atoms with Gasteiger partial charge in [0.1, 0.15) is 0 Å². The third-order valence-electron chi connectivity index (χ3n) is 3.54. The molecule has 0 bridgehead atoms.